The molecule has 3 atom stereocenters. The van der Waals surface area contributed by atoms with Crippen molar-refractivity contribution in [2.24, 2.45) is 0 Å². The number of allylic oxidation sites excluding steroid dienone is 15. The van der Waals surface area contributed by atoms with E-state index < -0.39 is 20.0 Å². The van der Waals surface area contributed by atoms with Crippen LogP contribution < -0.4 is 10.2 Å². The summed E-state index contributed by atoms with van der Waals surface area (Å²) in [5.74, 6) is -0.195. The van der Waals surface area contributed by atoms with Gasteiger partial charge in [-0.05, 0) is 77.0 Å². The Morgan fingerprint density at radius 2 is 0.735 bits per heavy atom. The van der Waals surface area contributed by atoms with Crippen LogP contribution in [0.1, 0.15) is 316 Å². The Morgan fingerprint density at radius 3 is 1.07 bits per heavy atom. The molecular formula is C74H135N2O6P. The summed E-state index contributed by atoms with van der Waals surface area (Å²) in [5, 5.41) is 14.0. The lowest BCUT2D eigenvalue weighted by Crippen LogP contribution is -2.45. The summed E-state index contributed by atoms with van der Waals surface area (Å²) < 4.78 is 23.5. The largest absolute Gasteiger partial charge is 0.756 e. The molecule has 0 saturated heterocycles. The van der Waals surface area contributed by atoms with Gasteiger partial charge in [0, 0.05) is 6.42 Å². The third-order valence-corrected chi connectivity index (χ3v) is 16.5. The predicted octanol–water partition coefficient (Wildman–Crippen LogP) is 21.9. The SMILES string of the molecule is CC/C=C\C/C=C\C/C=C\C/C=C\C/C=C\C/C=C\C/C=C\CCCCCCCCCCCCCCCCCCCC(=O)NC(COP(=O)([O-])OCC[N+](C)(C)C)C(O)/C=C/CCCCCCCCCCCCCCCCCCCCCC. The number of amides is 1. The highest BCUT2D eigenvalue weighted by molar-refractivity contribution is 7.45. The van der Waals surface area contributed by atoms with Gasteiger partial charge in [-0.15, -0.1) is 0 Å². The van der Waals surface area contributed by atoms with Crippen LogP contribution in [0.4, 0.5) is 0 Å². The fraction of sp³-hybridized carbons (Fsp3) is 0.770. The third-order valence-electron chi connectivity index (χ3n) is 15.5. The number of phosphoric acid groups is 1. The van der Waals surface area contributed by atoms with Crippen molar-refractivity contribution in [3.63, 3.8) is 0 Å². The van der Waals surface area contributed by atoms with Crippen molar-refractivity contribution in [3.05, 3.63) is 97.2 Å². The summed E-state index contributed by atoms with van der Waals surface area (Å²) in [5.41, 5.74) is 0. The van der Waals surface area contributed by atoms with E-state index in [1.807, 2.05) is 27.2 Å². The van der Waals surface area contributed by atoms with Gasteiger partial charge in [0.1, 0.15) is 13.2 Å². The molecule has 0 spiro atoms. The highest BCUT2D eigenvalue weighted by Gasteiger charge is 2.23. The molecule has 3 unspecified atom stereocenters. The number of nitrogens with one attached hydrogen (secondary N) is 1. The van der Waals surface area contributed by atoms with Crippen molar-refractivity contribution in [1.29, 1.82) is 0 Å². The molecule has 0 radical (unpaired) electrons. The monoisotopic (exact) mass is 1180 g/mol. The van der Waals surface area contributed by atoms with Crippen LogP contribution in [-0.2, 0) is 18.4 Å². The molecule has 0 fully saturated rings. The number of hydrogen-bond acceptors (Lipinski definition) is 6. The molecule has 0 saturated carbocycles. The van der Waals surface area contributed by atoms with E-state index >= 15 is 0 Å². The number of unbranched alkanes of at least 4 members (excludes halogenated alkanes) is 37. The van der Waals surface area contributed by atoms with Gasteiger partial charge in [0.15, 0.2) is 0 Å². The Morgan fingerprint density at radius 1 is 0.434 bits per heavy atom. The highest BCUT2D eigenvalue weighted by atomic mass is 31.2. The standard InChI is InChI=1S/C74H135N2O6P/c1-6-8-10-12-14-16-18-20-22-24-26-28-30-31-32-33-34-35-36-37-38-39-40-41-42-43-44-45-46-48-50-52-54-56-58-60-62-64-66-68-74(78)75-72(71-82-83(79,80)81-70-69-76(3,4)5)73(77)67-65-63-61-59-57-55-53-51-49-47-29-27-25-23-21-19-17-15-13-11-9-7-2/h8,10,14,16,20,22,26,28,31-32,34-35,37-38,65,67,72-73,77H,6-7,9,11-13,15,17-19,21,23-25,27,29-30,33,36,39-64,66,68-71H2,1-5H3,(H-,75,78,79,80)/b10-8-,16-14-,22-20-,28-26-,32-31-,35-34-,38-37-,67-65+. The number of aliphatic hydroxyl groups excluding tert-OH is 1. The smallest absolute Gasteiger partial charge is 0.268 e. The molecule has 0 rings (SSSR count). The van der Waals surface area contributed by atoms with E-state index in [9.17, 15) is 19.4 Å². The number of nitrogens with zero attached hydrogens (tertiary/aromatic N) is 1. The van der Waals surface area contributed by atoms with Gasteiger partial charge in [-0.3, -0.25) is 9.36 Å². The number of carbonyl (C=O) groups excluding carboxylic acids is 1. The average Bonchev–Trinajstić information content (AvgIpc) is 3.50. The molecule has 0 heterocycles. The highest BCUT2D eigenvalue weighted by Crippen LogP contribution is 2.38. The fourth-order valence-electron chi connectivity index (χ4n) is 10.1. The molecule has 9 heteroatoms. The van der Waals surface area contributed by atoms with Crippen LogP contribution >= 0.6 is 7.82 Å². The van der Waals surface area contributed by atoms with Gasteiger partial charge in [-0.25, -0.2) is 0 Å². The second-order valence-corrected chi connectivity index (χ2v) is 26.3. The zero-order chi connectivity index (χ0) is 60.5. The average molecular weight is 1180 g/mol. The van der Waals surface area contributed by atoms with E-state index in [0.717, 1.165) is 83.5 Å². The summed E-state index contributed by atoms with van der Waals surface area (Å²) in [4.78, 5) is 25.6. The number of quaternary nitrogens is 1. The van der Waals surface area contributed by atoms with Crippen molar-refractivity contribution in [2.75, 3.05) is 40.9 Å². The third kappa shape index (κ3) is 66.8. The Balaban J connectivity index is 4.03. The van der Waals surface area contributed by atoms with E-state index in [-0.39, 0.29) is 19.1 Å². The minimum Gasteiger partial charge on any atom is -0.756 e. The van der Waals surface area contributed by atoms with Crippen LogP contribution in [0.15, 0.2) is 97.2 Å². The van der Waals surface area contributed by atoms with E-state index in [1.165, 1.54) is 212 Å². The van der Waals surface area contributed by atoms with Crippen molar-refractivity contribution in [1.82, 2.24) is 5.32 Å². The molecule has 8 nitrogen and oxygen atoms in total. The van der Waals surface area contributed by atoms with Crippen LogP contribution in [0.3, 0.4) is 0 Å². The van der Waals surface area contributed by atoms with Gasteiger partial charge in [0.2, 0.25) is 5.91 Å². The second kappa shape index (κ2) is 63.9. The lowest BCUT2D eigenvalue weighted by atomic mass is 10.0. The maximum Gasteiger partial charge on any atom is 0.268 e. The van der Waals surface area contributed by atoms with E-state index in [2.05, 4.69) is 104 Å². The molecule has 1 amide bonds. The Kier molecular flexibility index (Phi) is 61.9. The maximum atomic E-state index is 13.0. The molecule has 0 aromatic carbocycles. The van der Waals surface area contributed by atoms with Gasteiger partial charge < -0.3 is 28.8 Å². The Bertz CT molecular complexity index is 1670. The first-order chi connectivity index (χ1) is 40.5. The summed E-state index contributed by atoms with van der Waals surface area (Å²) in [6, 6.07) is -0.891. The first-order valence-corrected chi connectivity index (χ1v) is 36.6. The van der Waals surface area contributed by atoms with Crippen molar-refractivity contribution >= 4 is 13.7 Å². The van der Waals surface area contributed by atoms with Gasteiger partial charge in [0.05, 0.1) is 39.9 Å². The molecule has 0 aromatic rings. The number of hydrogen-bond donors (Lipinski definition) is 2. The number of rotatable bonds is 64. The molecular weight excluding hydrogens is 1040 g/mol. The molecule has 0 aliphatic rings. The van der Waals surface area contributed by atoms with Crippen molar-refractivity contribution < 1.29 is 32.9 Å². The van der Waals surface area contributed by atoms with Gasteiger partial charge >= 0.3 is 0 Å². The summed E-state index contributed by atoms with van der Waals surface area (Å²) in [6.07, 6.45) is 92.4. The Hall–Kier alpha value is -2.58. The zero-order valence-electron chi connectivity index (χ0n) is 55.1. The van der Waals surface area contributed by atoms with Gasteiger partial charge in [-0.1, -0.05) is 329 Å². The van der Waals surface area contributed by atoms with Gasteiger partial charge in [-0.2, -0.15) is 0 Å². The maximum absolute atomic E-state index is 13.0. The second-order valence-electron chi connectivity index (χ2n) is 24.9. The number of aliphatic hydroxyl groups is 1. The topological polar surface area (TPSA) is 108 Å². The summed E-state index contributed by atoms with van der Waals surface area (Å²) >= 11 is 0. The number of phosphoric ester groups is 1. The summed E-state index contributed by atoms with van der Waals surface area (Å²) in [7, 11) is 1.27. The molecule has 0 aromatic heterocycles. The molecule has 0 bridgehead atoms. The van der Waals surface area contributed by atoms with E-state index in [1.54, 1.807) is 6.08 Å². The Labute approximate surface area is 515 Å². The number of likely N-dealkylation sites (N-methyl/N-ethyl adjacent to an activating group) is 1. The molecule has 482 valence electrons. The van der Waals surface area contributed by atoms with Crippen LogP contribution in [0, 0.1) is 0 Å². The van der Waals surface area contributed by atoms with Gasteiger partial charge in [0.25, 0.3) is 7.82 Å². The van der Waals surface area contributed by atoms with Crippen LogP contribution in [0.25, 0.3) is 0 Å². The van der Waals surface area contributed by atoms with Crippen LogP contribution in [-0.4, -0.2) is 68.5 Å². The molecule has 83 heavy (non-hydrogen) atoms. The summed E-state index contributed by atoms with van der Waals surface area (Å²) in [6.45, 7) is 4.57. The lowest BCUT2D eigenvalue weighted by molar-refractivity contribution is -0.870. The molecule has 0 aliphatic carbocycles. The molecule has 0 aliphatic heterocycles. The normalized spacial score (nSPS) is 14.3. The minimum atomic E-state index is -4.61. The quantitative estimate of drug-likeness (QED) is 0.0272. The predicted molar refractivity (Wildman–Crippen MR) is 362 cm³/mol. The minimum absolute atomic E-state index is 0.00239. The first-order valence-electron chi connectivity index (χ1n) is 35.1. The van der Waals surface area contributed by atoms with Crippen LogP contribution in [0.5, 0.6) is 0 Å². The van der Waals surface area contributed by atoms with E-state index in [4.69, 9.17) is 9.05 Å². The first kappa shape index (κ1) is 80.4. The number of carbonyl (C=O) groups is 1. The van der Waals surface area contributed by atoms with E-state index in [0.29, 0.717) is 17.4 Å². The van der Waals surface area contributed by atoms with Crippen molar-refractivity contribution in [3.8, 4) is 0 Å². The zero-order valence-corrected chi connectivity index (χ0v) is 56.0. The van der Waals surface area contributed by atoms with Crippen molar-refractivity contribution in [2.45, 2.75) is 328 Å². The lowest BCUT2D eigenvalue weighted by Gasteiger charge is -2.29. The fourth-order valence-corrected chi connectivity index (χ4v) is 10.9. The molecule has 2 N–H and O–H groups in total. The van der Waals surface area contributed by atoms with Crippen LogP contribution in [0.2, 0.25) is 0 Å².